The zero-order valence-electron chi connectivity index (χ0n) is 6.74. The van der Waals surface area contributed by atoms with E-state index in [9.17, 15) is 0 Å². The molecule has 0 saturated carbocycles. The molecule has 1 aromatic heterocycles. The van der Waals surface area contributed by atoms with Gasteiger partial charge in [0, 0.05) is 17.6 Å². The van der Waals surface area contributed by atoms with E-state index in [-0.39, 0.29) is 0 Å². The Hall–Kier alpha value is -1.57. The summed E-state index contributed by atoms with van der Waals surface area (Å²) in [6.07, 6.45) is 1.75. The second kappa shape index (κ2) is 2.81. The number of methoxy groups -OCH3 is 1. The zero-order valence-corrected chi connectivity index (χ0v) is 6.74. The maximum atomic E-state index is 5.11. The van der Waals surface area contributed by atoms with E-state index in [4.69, 9.17) is 4.74 Å². The first-order valence-corrected chi connectivity index (χ1v) is 3.71. The van der Waals surface area contributed by atoms with Crippen LogP contribution in [0, 0.1) is 6.07 Å². The summed E-state index contributed by atoms with van der Waals surface area (Å²) >= 11 is 0. The number of aromatic nitrogens is 1. The van der Waals surface area contributed by atoms with Gasteiger partial charge >= 0.3 is 0 Å². The molecule has 1 aromatic carbocycles. The van der Waals surface area contributed by atoms with Crippen molar-refractivity contribution in [1.82, 2.24) is 4.98 Å². The number of nitrogens with zero attached hydrogens (tertiary/aromatic N) is 1. The summed E-state index contributed by atoms with van der Waals surface area (Å²) in [6.45, 7) is 0. The van der Waals surface area contributed by atoms with Gasteiger partial charge in [0.1, 0.15) is 5.52 Å². The summed E-state index contributed by atoms with van der Waals surface area (Å²) < 4.78 is 5.11. The van der Waals surface area contributed by atoms with E-state index in [1.54, 1.807) is 13.3 Å². The maximum Gasteiger partial charge on any atom is 0.153 e. The topological polar surface area (TPSA) is 22.1 Å². The normalized spacial score (nSPS) is 10.1. The second-order valence-electron chi connectivity index (χ2n) is 2.45. The number of hydrogen-bond acceptors (Lipinski definition) is 2. The maximum absolute atomic E-state index is 5.11. The molecule has 0 aliphatic rings. The summed E-state index contributed by atoms with van der Waals surface area (Å²) in [4.78, 5) is 4.20. The molecule has 0 atom stereocenters. The minimum atomic E-state index is 0.702. The Morgan fingerprint density at radius 2 is 2.33 bits per heavy atom. The highest BCUT2D eigenvalue weighted by Gasteiger charge is 1.99. The third-order valence-corrected chi connectivity index (χ3v) is 1.74. The highest BCUT2D eigenvalue weighted by atomic mass is 16.5. The number of rotatable bonds is 1. The molecular weight excluding hydrogens is 150 g/mol. The number of ether oxygens (including phenoxy) is 1. The Labute approximate surface area is 70.8 Å². The summed E-state index contributed by atoms with van der Waals surface area (Å²) in [7, 11) is 1.62. The van der Waals surface area contributed by atoms with E-state index in [1.807, 2.05) is 24.3 Å². The average Bonchev–Trinajstić information content (AvgIpc) is 2.17. The van der Waals surface area contributed by atoms with Gasteiger partial charge in [-0.25, -0.2) is 0 Å². The predicted octanol–water partition coefficient (Wildman–Crippen LogP) is 2.04. The first-order chi connectivity index (χ1) is 5.92. The van der Waals surface area contributed by atoms with Crippen LogP contribution in [0.15, 0.2) is 30.5 Å². The van der Waals surface area contributed by atoms with Gasteiger partial charge in [-0.15, -0.1) is 0 Å². The summed E-state index contributed by atoms with van der Waals surface area (Å²) in [6, 6.07) is 10.7. The van der Waals surface area contributed by atoms with E-state index in [1.165, 1.54) is 0 Å². The highest BCUT2D eigenvalue weighted by molar-refractivity contribution is 5.83. The molecule has 12 heavy (non-hydrogen) atoms. The van der Waals surface area contributed by atoms with Gasteiger partial charge in [-0.1, -0.05) is 12.1 Å². The van der Waals surface area contributed by atoms with E-state index in [0.717, 1.165) is 10.9 Å². The number of pyridine rings is 1. The molecule has 0 unspecified atom stereocenters. The van der Waals surface area contributed by atoms with E-state index < -0.39 is 0 Å². The van der Waals surface area contributed by atoms with Gasteiger partial charge in [0.25, 0.3) is 0 Å². The summed E-state index contributed by atoms with van der Waals surface area (Å²) in [5.41, 5.74) is 0.863. The van der Waals surface area contributed by atoms with Crippen molar-refractivity contribution in [3.63, 3.8) is 0 Å². The average molecular weight is 158 g/mol. The van der Waals surface area contributed by atoms with E-state index in [0.29, 0.717) is 5.75 Å². The lowest BCUT2D eigenvalue weighted by molar-refractivity contribution is 0.418. The van der Waals surface area contributed by atoms with E-state index >= 15 is 0 Å². The fourth-order valence-electron chi connectivity index (χ4n) is 1.17. The quantitative estimate of drug-likeness (QED) is 0.633. The van der Waals surface area contributed by atoms with Crippen molar-refractivity contribution in [3.8, 4) is 5.75 Å². The van der Waals surface area contributed by atoms with Crippen LogP contribution in [-0.4, -0.2) is 12.1 Å². The van der Waals surface area contributed by atoms with Gasteiger partial charge in [0.05, 0.1) is 7.11 Å². The molecule has 0 fully saturated rings. The Morgan fingerprint density at radius 3 is 3.17 bits per heavy atom. The fraction of sp³-hybridized carbons (Fsp3) is 0.100. The molecule has 0 aliphatic heterocycles. The molecular formula is C10H8NO. The number of benzene rings is 1. The minimum absolute atomic E-state index is 0.702. The van der Waals surface area contributed by atoms with Crippen LogP contribution in [0.25, 0.3) is 10.9 Å². The van der Waals surface area contributed by atoms with Crippen molar-refractivity contribution in [1.29, 1.82) is 0 Å². The Balaban J connectivity index is 2.79. The lowest BCUT2D eigenvalue weighted by Gasteiger charge is -2.01. The highest BCUT2D eigenvalue weighted by Crippen LogP contribution is 2.21. The molecule has 0 spiro atoms. The fourth-order valence-corrected chi connectivity index (χ4v) is 1.17. The van der Waals surface area contributed by atoms with Crippen LogP contribution in [0.2, 0.25) is 0 Å². The van der Waals surface area contributed by atoms with Gasteiger partial charge in [0.2, 0.25) is 0 Å². The van der Waals surface area contributed by atoms with Gasteiger partial charge in [-0.3, -0.25) is 4.98 Å². The largest absolute Gasteiger partial charge is 0.494 e. The molecule has 59 valence electrons. The van der Waals surface area contributed by atoms with Crippen LogP contribution in [0.3, 0.4) is 0 Å². The third kappa shape index (κ3) is 1.01. The van der Waals surface area contributed by atoms with Crippen molar-refractivity contribution in [2.24, 2.45) is 0 Å². The summed E-state index contributed by atoms with van der Waals surface area (Å²) in [5.74, 6) is 0.702. The van der Waals surface area contributed by atoms with Crippen LogP contribution in [0.5, 0.6) is 5.75 Å². The van der Waals surface area contributed by atoms with Crippen LogP contribution in [0.1, 0.15) is 0 Å². The SMILES string of the molecule is COc1[c]ccc2cccnc12. The molecule has 0 bridgehead atoms. The van der Waals surface area contributed by atoms with Crippen LogP contribution >= 0.6 is 0 Å². The monoisotopic (exact) mass is 158 g/mol. The molecule has 1 radical (unpaired) electrons. The van der Waals surface area contributed by atoms with Crippen molar-refractivity contribution < 1.29 is 4.74 Å². The first kappa shape index (κ1) is 7.10. The molecule has 2 rings (SSSR count). The predicted molar refractivity (Wildman–Crippen MR) is 47.1 cm³/mol. The molecule has 0 aliphatic carbocycles. The van der Waals surface area contributed by atoms with Gasteiger partial charge in [-0.05, 0) is 12.1 Å². The molecule has 1 heterocycles. The van der Waals surface area contributed by atoms with Gasteiger partial charge in [0.15, 0.2) is 5.75 Å². The molecule has 2 aromatic rings. The second-order valence-corrected chi connectivity index (χ2v) is 2.45. The minimum Gasteiger partial charge on any atom is -0.494 e. The lowest BCUT2D eigenvalue weighted by Crippen LogP contribution is -1.86. The zero-order chi connectivity index (χ0) is 8.39. The Morgan fingerprint density at radius 1 is 1.42 bits per heavy atom. The molecule has 2 nitrogen and oxygen atoms in total. The third-order valence-electron chi connectivity index (χ3n) is 1.74. The molecule has 0 N–H and O–H groups in total. The number of fused-ring (bicyclic) bond motifs is 1. The van der Waals surface area contributed by atoms with Crippen LogP contribution < -0.4 is 4.74 Å². The van der Waals surface area contributed by atoms with Crippen LogP contribution in [-0.2, 0) is 0 Å². The molecule has 2 heteroatoms. The van der Waals surface area contributed by atoms with Crippen molar-refractivity contribution in [3.05, 3.63) is 36.5 Å². The lowest BCUT2D eigenvalue weighted by atomic mass is 10.2. The molecule has 0 saturated heterocycles. The smallest absolute Gasteiger partial charge is 0.153 e. The van der Waals surface area contributed by atoms with Crippen molar-refractivity contribution >= 4 is 10.9 Å². The first-order valence-electron chi connectivity index (χ1n) is 3.71. The molecule has 0 amide bonds. The van der Waals surface area contributed by atoms with Gasteiger partial charge in [-0.2, -0.15) is 0 Å². The Kier molecular flexibility index (Phi) is 1.67. The standard InChI is InChI=1S/C10H8NO/c1-12-9-6-2-4-8-5-3-7-11-10(8)9/h2-5,7H,1H3. The van der Waals surface area contributed by atoms with Crippen molar-refractivity contribution in [2.75, 3.05) is 7.11 Å². The van der Waals surface area contributed by atoms with Crippen LogP contribution in [0.4, 0.5) is 0 Å². The summed E-state index contributed by atoms with van der Waals surface area (Å²) in [5, 5.41) is 1.08. The number of hydrogen-bond donors (Lipinski definition) is 0. The van der Waals surface area contributed by atoms with Crippen molar-refractivity contribution in [2.45, 2.75) is 0 Å². The van der Waals surface area contributed by atoms with Gasteiger partial charge < -0.3 is 4.74 Å². The Bertz CT molecular complexity index is 392. The van der Waals surface area contributed by atoms with E-state index in [2.05, 4.69) is 11.1 Å².